The van der Waals surface area contributed by atoms with E-state index in [4.69, 9.17) is 5.73 Å². The van der Waals surface area contributed by atoms with E-state index in [9.17, 15) is 4.39 Å². The average molecular weight is 224 g/mol. The molecule has 0 unspecified atom stereocenters. The van der Waals surface area contributed by atoms with Crippen molar-refractivity contribution >= 4 is 5.82 Å². The van der Waals surface area contributed by atoms with Crippen LogP contribution in [0.5, 0.6) is 0 Å². The first-order chi connectivity index (χ1) is 7.77. The molecule has 1 heterocycles. The van der Waals surface area contributed by atoms with Crippen LogP contribution in [0, 0.1) is 5.82 Å². The molecule has 0 amide bonds. The lowest BCUT2D eigenvalue weighted by Crippen LogP contribution is -2.33. The number of halogens is 1. The van der Waals surface area contributed by atoms with E-state index in [2.05, 4.69) is 9.97 Å². The summed E-state index contributed by atoms with van der Waals surface area (Å²) in [6.07, 6.45) is 4.22. The SMILES string of the molecule is CCc1ncnc(N(CCN)C2CC2)c1F. The fourth-order valence-electron chi connectivity index (χ4n) is 1.83. The fourth-order valence-corrected chi connectivity index (χ4v) is 1.83. The molecule has 5 heteroatoms. The number of rotatable bonds is 5. The summed E-state index contributed by atoms with van der Waals surface area (Å²) in [4.78, 5) is 9.96. The first-order valence-corrected chi connectivity index (χ1v) is 5.74. The van der Waals surface area contributed by atoms with Crippen molar-refractivity contribution in [2.75, 3.05) is 18.0 Å². The Hall–Kier alpha value is -1.23. The van der Waals surface area contributed by atoms with E-state index in [0.717, 1.165) is 12.8 Å². The van der Waals surface area contributed by atoms with E-state index < -0.39 is 0 Å². The molecule has 16 heavy (non-hydrogen) atoms. The Morgan fingerprint density at radius 1 is 1.50 bits per heavy atom. The molecule has 1 aromatic rings. The van der Waals surface area contributed by atoms with Gasteiger partial charge in [-0.15, -0.1) is 0 Å². The third kappa shape index (κ3) is 2.14. The molecule has 2 rings (SSSR count). The van der Waals surface area contributed by atoms with Crippen molar-refractivity contribution in [1.82, 2.24) is 9.97 Å². The predicted octanol–water partition coefficient (Wildman–Crippen LogP) is 1.11. The number of hydrogen-bond acceptors (Lipinski definition) is 4. The molecular formula is C11H17FN4. The monoisotopic (exact) mass is 224 g/mol. The van der Waals surface area contributed by atoms with E-state index in [-0.39, 0.29) is 5.82 Å². The Bertz CT molecular complexity index is 365. The van der Waals surface area contributed by atoms with E-state index in [1.807, 2.05) is 11.8 Å². The van der Waals surface area contributed by atoms with Crippen LogP contribution in [0.2, 0.25) is 0 Å². The molecule has 2 N–H and O–H groups in total. The molecule has 0 atom stereocenters. The summed E-state index contributed by atoms with van der Waals surface area (Å²) in [5, 5.41) is 0. The lowest BCUT2D eigenvalue weighted by molar-refractivity contribution is 0.581. The normalized spacial score (nSPS) is 15.2. The minimum Gasteiger partial charge on any atom is -0.350 e. The van der Waals surface area contributed by atoms with Crippen molar-refractivity contribution in [2.24, 2.45) is 5.73 Å². The van der Waals surface area contributed by atoms with Crippen LogP contribution in [0.15, 0.2) is 6.33 Å². The first kappa shape index (κ1) is 11.3. The van der Waals surface area contributed by atoms with Gasteiger partial charge in [-0.25, -0.2) is 14.4 Å². The third-order valence-corrected chi connectivity index (χ3v) is 2.81. The van der Waals surface area contributed by atoms with E-state index in [1.54, 1.807) is 0 Å². The molecule has 0 aromatic carbocycles. The Balaban J connectivity index is 2.29. The molecule has 0 spiro atoms. The summed E-state index contributed by atoms with van der Waals surface area (Å²) in [6.45, 7) is 3.06. The smallest absolute Gasteiger partial charge is 0.187 e. The van der Waals surface area contributed by atoms with Gasteiger partial charge >= 0.3 is 0 Å². The van der Waals surface area contributed by atoms with Gasteiger partial charge in [0.2, 0.25) is 0 Å². The molecule has 1 saturated carbocycles. The molecule has 88 valence electrons. The lowest BCUT2D eigenvalue weighted by atomic mass is 10.3. The van der Waals surface area contributed by atoms with Gasteiger partial charge < -0.3 is 10.6 Å². The van der Waals surface area contributed by atoms with Crippen LogP contribution in [0.25, 0.3) is 0 Å². The predicted molar refractivity (Wildman–Crippen MR) is 60.8 cm³/mol. The van der Waals surface area contributed by atoms with Crippen LogP contribution >= 0.6 is 0 Å². The van der Waals surface area contributed by atoms with Gasteiger partial charge in [-0.2, -0.15) is 0 Å². The molecule has 0 bridgehead atoms. The maximum Gasteiger partial charge on any atom is 0.187 e. The van der Waals surface area contributed by atoms with Crippen molar-refractivity contribution in [3.05, 3.63) is 17.8 Å². The second-order valence-electron chi connectivity index (χ2n) is 4.02. The average Bonchev–Trinajstić information content (AvgIpc) is 3.11. The first-order valence-electron chi connectivity index (χ1n) is 5.74. The Kier molecular flexibility index (Phi) is 3.33. The van der Waals surface area contributed by atoms with Gasteiger partial charge in [-0.05, 0) is 19.3 Å². The highest BCUT2D eigenvalue weighted by atomic mass is 19.1. The maximum atomic E-state index is 14.0. The van der Waals surface area contributed by atoms with Crippen molar-refractivity contribution < 1.29 is 4.39 Å². The number of aromatic nitrogens is 2. The highest BCUT2D eigenvalue weighted by Crippen LogP contribution is 2.31. The largest absolute Gasteiger partial charge is 0.350 e. The van der Waals surface area contributed by atoms with Crippen molar-refractivity contribution in [2.45, 2.75) is 32.2 Å². The summed E-state index contributed by atoms with van der Waals surface area (Å²) in [5.74, 6) is 0.130. The number of nitrogens with two attached hydrogens (primary N) is 1. The number of anilines is 1. The van der Waals surface area contributed by atoms with E-state index in [1.165, 1.54) is 6.33 Å². The fraction of sp³-hybridized carbons (Fsp3) is 0.636. The Labute approximate surface area is 94.7 Å². The zero-order chi connectivity index (χ0) is 11.5. The molecule has 1 aliphatic rings. The van der Waals surface area contributed by atoms with Gasteiger partial charge in [0.05, 0.1) is 5.69 Å². The molecule has 1 fully saturated rings. The van der Waals surface area contributed by atoms with Gasteiger partial charge in [0.15, 0.2) is 11.6 Å². The van der Waals surface area contributed by atoms with Gasteiger partial charge in [0.1, 0.15) is 6.33 Å². The second kappa shape index (κ2) is 4.74. The van der Waals surface area contributed by atoms with Crippen molar-refractivity contribution in [3.8, 4) is 0 Å². The van der Waals surface area contributed by atoms with Crippen LogP contribution in [0.3, 0.4) is 0 Å². The zero-order valence-electron chi connectivity index (χ0n) is 9.49. The maximum absolute atomic E-state index is 14.0. The molecule has 4 nitrogen and oxygen atoms in total. The molecule has 0 radical (unpaired) electrons. The van der Waals surface area contributed by atoms with E-state index >= 15 is 0 Å². The standard InChI is InChI=1S/C11H17FN4/c1-2-9-10(12)11(15-7-14-9)16(6-5-13)8-3-4-8/h7-8H,2-6,13H2,1H3. The molecule has 1 aliphatic carbocycles. The Morgan fingerprint density at radius 3 is 2.81 bits per heavy atom. The number of aryl methyl sites for hydroxylation is 1. The minimum absolute atomic E-state index is 0.287. The van der Waals surface area contributed by atoms with Crippen LogP contribution in [0.4, 0.5) is 10.2 Å². The van der Waals surface area contributed by atoms with Crippen LogP contribution in [-0.2, 0) is 6.42 Å². The van der Waals surface area contributed by atoms with Crippen LogP contribution < -0.4 is 10.6 Å². The summed E-state index contributed by atoms with van der Waals surface area (Å²) >= 11 is 0. The minimum atomic E-state index is -0.287. The van der Waals surface area contributed by atoms with Gasteiger partial charge in [0, 0.05) is 19.1 Å². The molecule has 0 aliphatic heterocycles. The summed E-state index contributed by atoms with van der Waals surface area (Å²) in [7, 11) is 0. The molecular weight excluding hydrogens is 207 g/mol. The topological polar surface area (TPSA) is 55.0 Å². The highest BCUT2D eigenvalue weighted by Gasteiger charge is 2.31. The summed E-state index contributed by atoms with van der Waals surface area (Å²) in [6, 6.07) is 0.414. The highest BCUT2D eigenvalue weighted by molar-refractivity contribution is 5.43. The van der Waals surface area contributed by atoms with Crippen molar-refractivity contribution in [3.63, 3.8) is 0 Å². The lowest BCUT2D eigenvalue weighted by Gasteiger charge is -2.23. The van der Waals surface area contributed by atoms with Gasteiger partial charge in [-0.1, -0.05) is 6.92 Å². The Morgan fingerprint density at radius 2 is 2.25 bits per heavy atom. The third-order valence-electron chi connectivity index (χ3n) is 2.81. The van der Waals surface area contributed by atoms with Crippen LogP contribution in [0.1, 0.15) is 25.5 Å². The van der Waals surface area contributed by atoms with E-state index in [0.29, 0.717) is 37.1 Å². The zero-order valence-corrected chi connectivity index (χ0v) is 9.49. The van der Waals surface area contributed by atoms with Gasteiger partial charge in [-0.3, -0.25) is 0 Å². The van der Waals surface area contributed by atoms with Gasteiger partial charge in [0.25, 0.3) is 0 Å². The summed E-state index contributed by atoms with van der Waals surface area (Å²) < 4.78 is 14.0. The van der Waals surface area contributed by atoms with Crippen molar-refractivity contribution in [1.29, 1.82) is 0 Å². The number of nitrogens with zero attached hydrogens (tertiary/aromatic N) is 3. The number of hydrogen-bond donors (Lipinski definition) is 1. The van der Waals surface area contributed by atoms with Crippen LogP contribution in [-0.4, -0.2) is 29.1 Å². The second-order valence-corrected chi connectivity index (χ2v) is 4.02. The summed E-state index contributed by atoms with van der Waals surface area (Å²) in [5.41, 5.74) is 6.02. The molecule has 0 saturated heterocycles. The molecule has 1 aromatic heterocycles. The quantitative estimate of drug-likeness (QED) is 0.814.